The number of hydrogen-bond acceptors (Lipinski definition) is 4. The zero-order valence-electron chi connectivity index (χ0n) is 17.5. The summed E-state index contributed by atoms with van der Waals surface area (Å²) in [6.45, 7) is 2.35. The Morgan fingerprint density at radius 1 is 1.00 bits per heavy atom. The lowest BCUT2D eigenvalue weighted by atomic mass is 10.0. The number of anilines is 2. The molecule has 0 spiro atoms. The summed E-state index contributed by atoms with van der Waals surface area (Å²) in [6.07, 6.45) is 1.52. The van der Waals surface area contributed by atoms with Crippen LogP contribution in [0, 0.1) is 6.92 Å². The van der Waals surface area contributed by atoms with Gasteiger partial charge in [-0.3, -0.25) is 9.10 Å². The van der Waals surface area contributed by atoms with Crippen molar-refractivity contribution in [3.63, 3.8) is 0 Å². The van der Waals surface area contributed by atoms with Gasteiger partial charge in [0.25, 0.3) is 15.9 Å². The van der Waals surface area contributed by atoms with Crippen LogP contribution in [0.1, 0.15) is 27.9 Å². The highest BCUT2D eigenvalue weighted by molar-refractivity contribution is 7.92. The Bertz CT molecular complexity index is 1200. The largest absolute Gasteiger partial charge is 0.497 e. The minimum Gasteiger partial charge on any atom is -0.497 e. The van der Waals surface area contributed by atoms with Crippen LogP contribution in [-0.2, 0) is 16.4 Å². The van der Waals surface area contributed by atoms with Crippen LogP contribution in [0.2, 0.25) is 0 Å². The molecule has 4 rings (SSSR count). The molecule has 0 bridgehead atoms. The first-order chi connectivity index (χ1) is 14.9. The smallest absolute Gasteiger partial charge is 0.264 e. The molecule has 1 heterocycles. The molecule has 7 heteroatoms. The number of methoxy groups -OCH3 is 1. The summed E-state index contributed by atoms with van der Waals surface area (Å²) in [7, 11) is -2.20. The monoisotopic (exact) mass is 436 g/mol. The van der Waals surface area contributed by atoms with E-state index in [1.165, 1.54) is 11.4 Å². The first-order valence-corrected chi connectivity index (χ1v) is 11.5. The number of nitrogens with one attached hydrogen (secondary N) is 1. The lowest BCUT2D eigenvalue weighted by molar-refractivity contribution is 0.102. The molecule has 0 radical (unpaired) electrons. The number of sulfonamides is 1. The van der Waals surface area contributed by atoms with Crippen LogP contribution in [-0.4, -0.2) is 28.0 Å². The van der Waals surface area contributed by atoms with Crippen molar-refractivity contribution < 1.29 is 17.9 Å². The third-order valence-electron chi connectivity index (χ3n) is 5.38. The summed E-state index contributed by atoms with van der Waals surface area (Å²) in [6, 6.07) is 19.1. The van der Waals surface area contributed by atoms with Gasteiger partial charge in [-0.25, -0.2) is 8.42 Å². The number of aryl methyl sites for hydroxylation is 2. The van der Waals surface area contributed by atoms with Crippen molar-refractivity contribution in [2.75, 3.05) is 23.3 Å². The predicted octanol–water partition coefficient (Wildman–Crippen LogP) is 4.40. The van der Waals surface area contributed by atoms with Gasteiger partial charge in [-0.1, -0.05) is 23.8 Å². The first kappa shape index (κ1) is 20.9. The van der Waals surface area contributed by atoms with Crippen molar-refractivity contribution in [2.45, 2.75) is 24.7 Å². The number of carbonyl (C=O) groups is 1. The molecule has 3 aromatic rings. The van der Waals surface area contributed by atoms with Crippen LogP contribution in [0.15, 0.2) is 71.6 Å². The summed E-state index contributed by atoms with van der Waals surface area (Å²) in [5.74, 6) is 0.361. The van der Waals surface area contributed by atoms with Crippen LogP contribution in [0.3, 0.4) is 0 Å². The van der Waals surface area contributed by atoms with Crippen molar-refractivity contribution in [1.82, 2.24) is 0 Å². The second kappa shape index (κ2) is 8.43. The number of hydrogen-bond donors (Lipinski definition) is 1. The maximum absolute atomic E-state index is 13.3. The van der Waals surface area contributed by atoms with Gasteiger partial charge in [0.05, 0.1) is 17.7 Å². The molecule has 0 unspecified atom stereocenters. The summed E-state index contributed by atoms with van der Waals surface area (Å²) in [5.41, 5.74) is 3.72. The average Bonchev–Trinajstić information content (AvgIpc) is 2.79. The third kappa shape index (κ3) is 4.27. The Kier molecular flexibility index (Phi) is 5.69. The topological polar surface area (TPSA) is 75.7 Å². The van der Waals surface area contributed by atoms with E-state index < -0.39 is 10.0 Å². The zero-order valence-corrected chi connectivity index (χ0v) is 18.3. The van der Waals surface area contributed by atoms with E-state index in [1.54, 1.807) is 42.5 Å². The van der Waals surface area contributed by atoms with E-state index in [9.17, 15) is 13.2 Å². The van der Waals surface area contributed by atoms with Gasteiger partial charge in [0, 0.05) is 17.8 Å². The zero-order chi connectivity index (χ0) is 22.0. The van der Waals surface area contributed by atoms with E-state index in [0.717, 1.165) is 24.0 Å². The number of amides is 1. The van der Waals surface area contributed by atoms with Crippen molar-refractivity contribution in [1.29, 1.82) is 0 Å². The Balaban J connectivity index is 1.64. The molecule has 1 aliphatic heterocycles. The highest BCUT2D eigenvalue weighted by Crippen LogP contribution is 2.34. The number of fused-ring (bicyclic) bond motifs is 1. The SMILES string of the molecule is COc1ccc(S(=O)(=O)N2CCCc3ccc(NC(=O)c4ccc(C)cc4)cc32)cc1. The van der Waals surface area contributed by atoms with Crippen LogP contribution in [0.25, 0.3) is 0 Å². The number of benzene rings is 3. The van der Waals surface area contributed by atoms with Crippen LogP contribution in [0.5, 0.6) is 5.75 Å². The standard InChI is InChI=1S/C24H24N2O4S/c1-17-5-7-19(8-6-17)24(27)25-20-10-9-18-4-3-15-26(23(18)16-20)31(28,29)22-13-11-21(30-2)12-14-22/h5-14,16H,3-4,15H2,1-2H3,(H,25,27). The minimum atomic E-state index is -3.74. The summed E-state index contributed by atoms with van der Waals surface area (Å²) < 4.78 is 33.2. The Labute approximate surface area is 182 Å². The second-order valence-electron chi connectivity index (χ2n) is 7.52. The van der Waals surface area contributed by atoms with Gasteiger partial charge < -0.3 is 10.1 Å². The van der Waals surface area contributed by atoms with Crippen molar-refractivity contribution in [2.24, 2.45) is 0 Å². The summed E-state index contributed by atoms with van der Waals surface area (Å²) in [5, 5.41) is 2.88. The van der Waals surface area contributed by atoms with Gasteiger partial charge in [-0.2, -0.15) is 0 Å². The van der Waals surface area contributed by atoms with E-state index in [1.807, 2.05) is 31.2 Å². The van der Waals surface area contributed by atoms with Crippen molar-refractivity contribution >= 4 is 27.3 Å². The highest BCUT2D eigenvalue weighted by atomic mass is 32.2. The lowest BCUT2D eigenvalue weighted by Gasteiger charge is -2.31. The number of ether oxygens (including phenoxy) is 1. The van der Waals surface area contributed by atoms with Gasteiger partial charge in [0.1, 0.15) is 5.75 Å². The molecule has 31 heavy (non-hydrogen) atoms. The minimum absolute atomic E-state index is 0.204. The van der Waals surface area contributed by atoms with Crippen molar-refractivity contribution in [3.05, 3.63) is 83.4 Å². The molecule has 0 saturated heterocycles. The maximum atomic E-state index is 13.3. The van der Waals surface area contributed by atoms with E-state index in [4.69, 9.17) is 4.74 Å². The quantitative estimate of drug-likeness (QED) is 0.643. The molecular weight excluding hydrogens is 412 g/mol. The molecular formula is C24H24N2O4S. The lowest BCUT2D eigenvalue weighted by Crippen LogP contribution is -2.35. The molecule has 160 valence electrons. The van der Waals surface area contributed by atoms with Gasteiger partial charge in [-0.15, -0.1) is 0 Å². The normalized spacial score (nSPS) is 13.4. The molecule has 0 atom stereocenters. The fourth-order valence-electron chi connectivity index (χ4n) is 3.65. The summed E-state index contributed by atoms with van der Waals surface area (Å²) >= 11 is 0. The molecule has 1 amide bonds. The van der Waals surface area contributed by atoms with E-state index in [-0.39, 0.29) is 10.8 Å². The van der Waals surface area contributed by atoms with Gasteiger partial charge in [0.15, 0.2) is 0 Å². The van der Waals surface area contributed by atoms with E-state index in [0.29, 0.717) is 29.2 Å². The highest BCUT2D eigenvalue weighted by Gasteiger charge is 2.29. The molecule has 6 nitrogen and oxygen atoms in total. The Morgan fingerprint density at radius 3 is 2.39 bits per heavy atom. The molecule has 1 N–H and O–H groups in total. The fourth-order valence-corrected chi connectivity index (χ4v) is 5.18. The van der Waals surface area contributed by atoms with Crippen LogP contribution >= 0.6 is 0 Å². The number of nitrogens with zero attached hydrogens (tertiary/aromatic N) is 1. The van der Waals surface area contributed by atoms with E-state index >= 15 is 0 Å². The predicted molar refractivity (Wildman–Crippen MR) is 121 cm³/mol. The van der Waals surface area contributed by atoms with Gasteiger partial charge >= 0.3 is 0 Å². The fraction of sp³-hybridized carbons (Fsp3) is 0.208. The van der Waals surface area contributed by atoms with Crippen LogP contribution < -0.4 is 14.4 Å². The molecule has 0 aromatic heterocycles. The Morgan fingerprint density at radius 2 is 1.71 bits per heavy atom. The van der Waals surface area contributed by atoms with Crippen molar-refractivity contribution in [3.8, 4) is 5.75 Å². The number of rotatable bonds is 5. The van der Waals surface area contributed by atoms with Crippen LogP contribution in [0.4, 0.5) is 11.4 Å². The molecule has 0 fully saturated rings. The maximum Gasteiger partial charge on any atom is 0.264 e. The van der Waals surface area contributed by atoms with Gasteiger partial charge in [0.2, 0.25) is 0 Å². The third-order valence-corrected chi connectivity index (χ3v) is 7.21. The van der Waals surface area contributed by atoms with E-state index in [2.05, 4.69) is 5.32 Å². The Hall–Kier alpha value is -3.32. The van der Waals surface area contributed by atoms with Gasteiger partial charge in [-0.05, 0) is 73.9 Å². The molecule has 3 aromatic carbocycles. The summed E-state index contributed by atoms with van der Waals surface area (Å²) in [4.78, 5) is 12.8. The molecule has 0 saturated carbocycles. The second-order valence-corrected chi connectivity index (χ2v) is 9.38. The molecule has 0 aliphatic carbocycles. The average molecular weight is 437 g/mol. The first-order valence-electron chi connectivity index (χ1n) is 10.1. The molecule has 1 aliphatic rings. The number of carbonyl (C=O) groups excluding carboxylic acids is 1.